The molecule has 2 aliphatic heterocycles. The monoisotopic (exact) mass is 316 g/mol. The fourth-order valence-electron chi connectivity index (χ4n) is 2.51. The summed E-state index contributed by atoms with van der Waals surface area (Å²) in [6.45, 7) is 3.00. The van der Waals surface area contributed by atoms with Gasteiger partial charge in [-0.25, -0.2) is 4.39 Å². The van der Waals surface area contributed by atoms with Gasteiger partial charge in [0.05, 0.1) is 31.4 Å². The molecule has 2 heterocycles. The van der Waals surface area contributed by atoms with E-state index in [2.05, 4.69) is 5.32 Å². The summed E-state index contributed by atoms with van der Waals surface area (Å²) in [5.41, 5.74) is 0.631. The van der Waals surface area contributed by atoms with Crippen molar-refractivity contribution in [1.29, 1.82) is 0 Å². The van der Waals surface area contributed by atoms with Crippen LogP contribution < -0.4 is 15.0 Å². The molecule has 1 fully saturated rings. The third kappa shape index (κ3) is 3.64. The van der Waals surface area contributed by atoms with Crippen LogP contribution in [-0.2, 0) is 9.53 Å². The average molecular weight is 317 g/mol. The SMILES string of the molecule is Cl.O=C(CC1CNCCO1)N1CCOc2cc(F)ccc21. The van der Waals surface area contributed by atoms with Gasteiger partial charge in [0.25, 0.3) is 0 Å². The smallest absolute Gasteiger partial charge is 0.229 e. The number of benzene rings is 1. The molecule has 7 heteroatoms. The highest BCUT2D eigenvalue weighted by atomic mass is 35.5. The average Bonchev–Trinajstić information content (AvgIpc) is 2.47. The summed E-state index contributed by atoms with van der Waals surface area (Å²) in [6.07, 6.45) is 0.229. The Kier molecular flexibility index (Phi) is 5.39. The molecule has 1 aromatic rings. The fourth-order valence-corrected chi connectivity index (χ4v) is 2.51. The summed E-state index contributed by atoms with van der Waals surface area (Å²) in [7, 11) is 0. The van der Waals surface area contributed by atoms with Crippen LogP contribution in [0.4, 0.5) is 10.1 Å². The Labute approximate surface area is 128 Å². The van der Waals surface area contributed by atoms with Gasteiger partial charge in [-0.15, -0.1) is 12.4 Å². The second kappa shape index (κ2) is 7.06. The van der Waals surface area contributed by atoms with E-state index in [1.165, 1.54) is 12.1 Å². The minimum atomic E-state index is -0.363. The van der Waals surface area contributed by atoms with Crippen LogP contribution >= 0.6 is 12.4 Å². The number of carbonyl (C=O) groups excluding carboxylic acids is 1. The maximum Gasteiger partial charge on any atom is 0.229 e. The molecular formula is C14H18ClFN2O3. The van der Waals surface area contributed by atoms with E-state index in [1.807, 2.05) is 0 Å². The molecule has 3 rings (SSSR count). The van der Waals surface area contributed by atoms with Crippen molar-refractivity contribution in [1.82, 2.24) is 5.32 Å². The highest BCUT2D eigenvalue weighted by Crippen LogP contribution is 2.32. The molecule has 0 bridgehead atoms. The third-order valence-electron chi connectivity index (χ3n) is 3.49. The lowest BCUT2D eigenvalue weighted by Gasteiger charge is -2.31. The van der Waals surface area contributed by atoms with Crippen molar-refractivity contribution >= 4 is 24.0 Å². The number of hydrogen-bond acceptors (Lipinski definition) is 4. The summed E-state index contributed by atoms with van der Waals surface area (Å²) >= 11 is 0. The predicted octanol–water partition coefficient (Wildman–Crippen LogP) is 1.35. The number of ether oxygens (including phenoxy) is 2. The molecule has 0 saturated carbocycles. The maximum absolute atomic E-state index is 13.2. The van der Waals surface area contributed by atoms with Gasteiger partial charge < -0.3 is 19.7 Å². The van der Waals surface area contributed by atoms with E-state index in [-0.39, 0.29) is 30.2 Å². The van der Waals surface area contributed by atoms with Crippen LogP contribution in [0.15, 0.2) is 18.2 Å². The molecule has 1 aromatic carbocycles. The molecule has 0 aromatic heterocycles. The van der Waals surface area contributed by atoms with Gasteiger partial charge in [0.1, 0.15) is 18.2 Å². The van der Waals surface area contributed by atoms with Gasteiger partial charge in [-0.05, 0) is 12.1 Å². The second-order valence-corrected chi connectivity index (χ2v) is 4.91. The van der Waals surface area contributed by atoms with Crippen molar-refractivity contribution in [3.8, 4) is 5.75 Å². The maximum atomic E-state index is 13.2. The van der Waals surface area contributed by atoms with Crippen LogP contribution in [0.5, 0.6) is 5.75 Å². The molecule has 2 aliphatic rings. The van der Waals surface area contributed by atoms with Crippen LogP contribution in [0.25, 0.3) is 0 Å². The van der Waals surface area contributed by atoms with Gasteiger partial charge in [-0.1, -0.05) is 0 Å². The van der Waals surface area contributed by atoms with Crippen molar-refractivity contribution in [3.05, 3.63) is 24.0 Å². The largest absolute Gasteiger partial charge is 0.489 e. The number of rotatable bonds is 2. The van der Waals surface area contributed by atoms with Gasteiger partial charge in [0.15, 0.2) is 0 Å². The Morgan fingerprint density at radius 3 is 3.05 bits per heavy atom. The van der Waals surface area contributed by atoms with Crippen LogP contribution in [0.2, 0.25) is 0 Å². The summed E-state index contributed by atoms with van der Waals surface area (Å²) < 4.78 is 24.1. The van der Waals surface area contributed by atoms with Gasteiger partial charge in [0.2, 0.25) is 5.91 Å². The van der Waals surface area contributed by atoms with Crippen LogP contribution in [0, 0.1) is 5.82 Å². The zero-order valence-electron chi connectivity index (χ0n) is 11.5. The van der Waals surface area contributed by atoms with E-state index in [0.29, 0.717) is 44.2 Å². The Bertz CT molecular complexity index is 509. The number of morpholine rings is 1. The van der Waals surface area contributed by atoms with Crippen molar-refractivity contribution in [2.75, 3.05) is 37.7 Å². The zero-order chi connectivity index (χ0) is 13.9. The standard InChI is InChI=1S/C14H17FN2O3.ClH/c15-10-1-2-12-13(7-10)20-6-4-17(12)14(18)8-11-9-16-3-5-19-11;/h1-2,7,11,16H,3-6,8-9H2;1H. The molecule has 116 valence electrons. The summed E-state index contributed by atoms with van der Waals surface area (Å²) in [5, 5.41) is 3.20. The minimum absolute atomic E-state index is 0. The number of hydrogen-bond donors (Lipinski definition) is 1. The van der Waals surface area contributed by atoms with E-state index in [1.54, 1.807) is 11.0 Å². The summed E-state index contributed by atoms with van der Waals surface area (Å²) in [5.74, 6) is 0.0417. The Morgan fingerprint density at radius 2 is 2.29 bits per heavy atom. The van der Waals surface area contributed by atoms with Gasteiger partial charge in [0, 0.05) is 19.2 Å². The first-order chi connectivity index (χ1) is 9.74. The first-order valence-electron chi connectivity index (χ1n) is 6.79. The lowest BCUT2D eigenvalue weighted by molar-refractivity contribution is -0.122. The highest BCUT2D eigenvalue weighted by Gasteiger charge is 2.27. The molecule has 1 unspecified atom stereocenters. The molecular weight excluding hydrogens is 299 g/mol. The topological polar surface area (TPSA) is 50.8 Å². The van der Waals surface area contributed by atoms with Crippen molar-refractivity contribution in [2.24, 2.45) is 0 Å². The van der Waals surface area contributed by atoms with Gasteiger partial charge in [-0.3, -0.25) is 4.79 Å². The van der Waals surface area contributed by atoms with E-state index in [4.69, 9.17) is 9.47 Å². The molecule has 0 radical (unpaired) electrons. The first kappa shape index (κ1) is 16.0. The normalized spacial score (nSPS) is 21.0. The number of nitrogens with one attached hydrogen (secondary N) is 1. The molecule has 0 aliphatic carbocycles. The van der Waals surface area contributed by atoms with Crippen molar-refractivity contribution in [2.45, 2.75) is 12.5 Å². The predicted molar refractivity (Wildman–Crippen MR) is 78.7 cm³/mol. The van der Waals surface area contributed by atoms with Gasteiger partial charge >= 0.3 is 0 Å². The number of halogens is 2. The highest BCUT2D eigenvalue weighted by molar-refractivity contribution is 5.95. The number of amides is 1. The quantitative estimate of drug-likeness (QED) is 0.895. The Hall–Kier alpha value is -1.37. The number of nitrogens with zero attached hydrogens (tertiary/aromatic N) is 1. The lowest BCUT2D eigenvalue weighted by Crippen LogP contribution is -2.44. The molecule has 0 spiro atoms. The van der Waals surface area contributed by atoms with Crippen molar-refractivity contribution < 1.29 is 18.7 Å². The molecule has 1 N–H and O–H groups in total. The van der Waals surface area contributed by atoms with E-state index < -0.39 is 0 Å². The van der Waals surface area contributed by atoms with E-state index in [9.17, 15) is 9.18 Å². The Morgan fingerprint density at radius 1 is 1.43 bits per heavy atom. The number of carbonyl (C=O) groups is 1. The Balaban J connectivity index is 0.00000161. The molecule has 5 nitrogen and oxygen atoms in total. The van der Waals surface area contributed by atoms with Crippen molar-refractivity contribution in [3.63, 3.8) is 0 Å². The first-order valence-corrected chi connectivity index (χ1v) is 6.79. The fraction of sp³-hybridized carbons (Fsp3) is 0.500. The van der Waals surface area contributed by atoms with Gasteiger partial charge in [-0.2, -0.15) is 0 Å². The van der Waals surface area contributed by atoms with E-state index in [0.717, 1.165) is 6.54 Å². The molecule has 1 amide bonds. The lowest BCUT2D eigenvalue weighted by atomic mass is 10.1. The molecule has 1 atom stereocenters. The van der Waals surface area contributed by atoms with E-state index >= 15 is 0 Å². The van der Waals surface area contributed by atoms with Crippen LogP contribution in [0.1, 0.15) is 6.42 Å². The summed E-state index contributed by atoms with van der Waals surface area (Å²) in [6, 6.07) is 4.24. The zero-order valence-corrected chi connectivity index (χ0v) is 12.3. The molecule has 1 saturated heterocycles. The second-order valence-electron chi connectivity index (χ2n) is 4.91. The minimum Gasteiger partial charge on any atom is -0.489 e. The van der Waals surface area contributed by atoms with Crippen LogP contribution in [0.3, 0.4) is 0 Å². The third-order valence-corrected chi connectivity index (χ3v) is 3.49. The number of anilines is 1. The number of fused-ring (bicyclic) bond motifs is 1. The van der Waals surface area contributed by atoms with Crippen LogP contribution in [-0.4, -0.2) is 44.9 Å². The summed E-state index contributed by atoms with van der Waals surface area (Å²) in [4.78, 5) is 14.0. The molecule has 21 heavy (non-hydrogen) atoms.